The van der Waals surface area contributed by atoms with Gasteiger partial charge in [0.05, 0.1) is 41.2 Å². The van der Waals surface area contributed by atoms with E-state index in [9.17, 15) is 9.59 Å². The van der Waals surface area contributed by atoms with E-state index in [1.165, 1.54) is 27.7 Å². The Morgan fingerprint density at radius 3 is 2.67 bits per heavy atom. The summed E-state index contributed by atoms with van der Waals surface area (Å²) in [4.78, 5) is 31.4. The minimum absolute atomic E-state index is 0.0574. The van der Waals surface area contributed by atoms with E-state index in [0.29, 0.717) is 53.5 Å². The van der Waals surface area contributed by atoms with Crippen LogP contribution in [0.25, 0.3) is 28.1 Å². The van der Waals surface area contributed by atoms with E-state index >= 15 is 4.39 Å². The summed E-state index contributed by atoms with van der Waals surface area (Å²) in [5, 5.41) is 15.8. The molecule has 1 aromatic carbocycles. The predicted molar refractivity (Wildman–Crippen MR) is 162 cm³/mol. The fraction of sp³-hybridized carbons (Fsp3) is 0.267. The average Bonchev–Trinajstić information content (AvgIpc) is 3.61. The van der Waals surface area contributed by atoms with E-state index in [1.54, 1.807) is 35.3 Å². The number of nitrogens with one attached hydrogen (secondary N) is 1. The summed E-state index contributed by atoms with van der Waals surface area (Å²) in [6, 6.07) is 9.23. The van der Waals surface area contributed by atoms with Gasteiger partial charge in [-0.25, -0.2) is 9.07 Å². The van der Waals surface area contributed by atoms with Gasteiger partial charge in [0, 0.05) is 52.6 Å². The molecule has 10 nitrogen and oxygen atoms in total. The van der Waals surface area contributed by atoms with Crippen molar-refractivity contribution in [2.45, 2.75) is 45.7 Å². The molecule has 0 saturated carbocycles. The van der Waals surface area contributed by atoms with Gasteiger partial charge in [0.1, 0.15) is 5.82 Å². The van der Waals surface area contributed by atoms with Crippen LogP contribution in [-0.4, -0.2) is 40.2 Å². The highest BCUT2D eigenvalue weighted by Gasteiger charge is 2.25. The topological polar surface area (TPSA) is 113 Å². The largest absolute Gasteiger partial charge is 0.323 e. The molecule has 2 atom stereocenters. The Balaban J connectivity index is 1.47. The molecular formula is C30H27Cl2FN8O2. The third-order valence-electron chi connectivity index (χ3n) is 7.68. The second-order valence-electron chi connectivity index (χ2n) is 10.5. The number of nitrogens with zero attached hydrogens (tertiary/aromatic N) is 7. The standard InChI is InChI=1S/C30H27Cl2FN8O2/c1-3-40-29-18-9-10-34-23(11-18)26(6-4-5-17(2)30(43)36-24(29)14-35-40)39-15-22(33)20(13-28(39)42)21-12-19(31)7-8-25(21)41-16-27(32)37-38-41/h7-17,26H,3-6H2,1-2H3,(H,36,43)/t17-,26+/m1/s1. The molecule has 1 aliphatic heterocycles. The highest BCUT2D eigenvalue weighted by atomic mass is 35.5. The van der Waals surface area contributed by atoms with Crippen LogP contribution in [0.4, 0.5) is 10.1 Å². The normalized spacial score (nSPS) is 17.1. The summed E-state index contributed by atoms with van der Waals surface area (Å²) in [5.74, 6) is -1.02. The second kappa shape index (κ2) is 11.7. The van der Waals surface area contributed by atoms with Crippen molar-refractivity contribution in [3.63, 3.8) is 0 Å². The van der Waals surface area contributed by atoms with Crippen LogP contribution < -0.4 is 10.9 Å². The molecule has 0 radical (unpaired) electrons. The first-order chi connectivity index (χ1) is 20.7. The Morgan fingerprint density at radius 2 is 1.91 bits per heavy atom. The van der Waals surface area contributed by atoms with Gasteiger partial charge in [-0.05, 0) is 50.1 Å². The fourth-order valence-electron chi connectivity index (χ4n) is 5.49. The first kappa shape index (κ1) is 28.8. The number of pyridine rings is 2. The van der Waals surface area contributed by atoms with Crippen molar-refractivity contribution in [3.05, 3.63) is 93.2 Å². The number of amides is 1. The minimum atomic E-state index is -0.629. The molecular weight excluding hydrogens is 594 g/mol. The van der Waals surface area contributed by atoms with Crippen molar-refractivity contribution in [3.8, 4) is 28.1 Å². The number of carbonyl (C=O) groups excluding carboxylic acids is 1. The van der Waals surface area contributed by atoms with Gasteiger partial charge >= 0.3 is 0 Å². The summed E-state index contributed by atoms with van der Waals surface area (Å²) in [6.07, 6.45) is 7.62. The van der Waals surface area contributed by atoms with E-state index < -0.39 is 17.4 Å². The van der Waals surface area contributed by atoms with Gasteiger partial charge in [0.2, 0.25) is 5.91 Å². The number of halogens is 3. The second-order valence-corrected chi connectivity index (χ2v) is 11.3. The molecule has 43 heavy (non-hydrogen) atoms. The van der Waals surface area contributed by atoms with Crippen LogP contribution in [0.1, 0.15) is 44.8 Å². The number of carbonyl (C=O) groups is 1. The minimum Gasteiger partial charge on any atom is -0.323 e. The molecule has 2 bridgehead atoms. The Labute approximate surface area is 256 Å². The molecule has 4 aromatic heterocycles. The lowest BCUT2D eigenvalue weighted by molar-refractivity contribution is -0.119. The molecule has 1 amide bonds. The summed E-state index contributed by atoms with van der Waals surface area (Å²) >= 11 is 12.3. The Bertz CT molecular complexity index is 1900. The third kappa shape index (κ3) is 5.57. The van der Waals surface area contributed by atoms with Crippen molar-refractivity contribution in [2.75, 3.05) is 5.32 Å². The van der Waals surface area contributed by atoms with E-state index in [4.69, 9.17) is 23.2 Å². The molecule has 13 heteroatoms. The van der Waals surface area contributed by atoms with Crippen molar-refractivity contribution in [1.82, 2.24) is 34.3 Å². The first-order valence-electron chi connectivity index (χ1n) is 13.9. The first-order valence-corrected chi connectivity index (χ1v) is 14.6. The molecule has 0 spiro atoms. The number of aromatic nitrogens is 7. The van der Waals surface area contributed by atoms with Crippen LogP contribution in [0, 0.1) is 11.7 Å². The van der Waals surface area contributed by atoms with Crippen LogP contribution >= 0.6 is 23.2 Å². The molecule has 220 valence electrons. The zero-order valence-electron chi connectivity index (χ0n) is 23.3. The van der Waals surface area contributed by atoms with Crippen molar-refractivity contribution < 1.29 is 9.18 Å². The van der Waals surface area contributed by atoms with Gasteiger partial charge in [-0.15, -0.1) is 5.10 Å². The smallest absolute Gasteiger partial charge is 0.251 e. The van der Waals surface area contributed by atoms with E-state index in [0.717, 1.165) is 11.3 Å². The van der Waals surface area contributed by atoms with E-state index in [1.807, 2.05) is 26.0 Å². The lowest BCUT2D eigenvalue weighted by Gasteiger charge is -2.23. The number of rotatable bonds is 4. The molecule has 0 aliphatic carbocycles. The van der Waals surface area contributed by atoms with Crippen LogP contribution in [0.3, 0.4) is 0 Å². The molecule has 1 N–H and O–H groups in total. The zero-order chi connectivity index (χ0) is 30.2. The molecule has 1 aliphatic rings. The van der Waals surface area contributed by atoms with Gasteiger partial charge in [-0.1, -0.05) is 41.8 Å². The van der Waals surface area contributed by atoms with Crippen molar-refractivity contribution >= 4 is 34.8 Å². The van der Waals surface area contributed by atoms with Crippen molar-refractivity contribution in [2.24, 2.45) is 5.92 Å². The lowest BCUT2D eigenvalue weighted by atomic mass is 9.96. The van der Waals surface area contributed by atoms with Crippen LogP contribution in [0.2, 0.25) is 10.2 Å². The SMILES string of the molecule is CCn1ncc2c1-c1ccnc(c1)[C@@H](n1cc(F)c(-c3cc(Cl)ccc3-n3cc(Cl)nn3)cc1=O)CCC[C@@H](C)C(=O)N2. The number of aryl methyl sites for hydroxylation is 1. The quantitative estimate of drug-likeness (QED) is 0.257. The molecule has 0 fully saturated rings. The predicted octanol–water partition coefficient (Wildman–Crippen LogP) is 6.17. The number of hydrogen-bond donors (Lipinski definition) is 1. The summed E-state index contributed by atoms with van der Waals surface area (Å²) in [5.41, 5.74) is 3.16. The maximum Gasteiger partial charge on any atom is 0.251 e. The van der Waals surface area contributed by atoms with E-state index in [-0.39, 0.29) is 22.5 Å². The Morgan fingerprint density at radius 1 is 1.07 bits per heavy atom. The Hall–Kier alpha value is -4.35. The summed E-state index contributed by atoms with van der Waals surface area (Å²) < 4.78 is 20.6. The Kier molecular flexibility index (Phi) is 7.85. The molecule has 5 aromatic rings. The van der Waals surface area contributed by atoms with Gasteiger partial charge in [0.15, 0.2) is 5.15 Å². The molecule has 0 unspecified atom stereocenters. The lowest BCUT2D eigenvalue weighted by Crippen LogP contribution is -2.27. The van der Waals surface area contributed by atoms with Crippen LogP contribution in [0.5, 0.6) is 0 Å². The highest BCUT2D eigenvalue weighted by Crippen LogP contribution is 2.35. The summed E-state index contributed by atoms with van der Waals surface area (Å²) in [6.45, 7) is 4.41. The fourth-order valence-corrected chi connectivity index (χ4v) is 5.79. The van der Waals surface area contributed by atoms with Crippen LogP contribution in [0.15, 0.2) is 66.0 Å². The number of fused-ring (bicyclic) bond motifs is 4. The molecule has 5 heterocycles. The molecule has 0 saturated heterocycles. The number of anilines is 1. The molecule has 6 rings (SSSR count). The maximum atomic E-state index is 16.0. The van der Waals surface area contributed by atoms with Gasteiger partial charge < -0.3 is 9.88 Å². The summed E-state index contributed by atoms with van der Waals surface area (Å²) in [7, 11) is 0. The average molecular weight is 622 g/mol. The number of benzene rings is 1. The van der Waals surface area contributed by atoms with Gasteiger partial charge in [0.25, 0.3) is 5.56 Å². The monoisotopic (exact) mass is 620 g/mol. The van der Waals surface area contributed by atoms with E-state index in [2.05, 4.69) is 25.7 Å². The zero-order valence-corrected chi connectivity index (χ0v) is 24.8. The van der Waals surface area contributed by atoms with Crippen LogP contribution in [-0.2, 0) is 11.3 Å². The van der Waals surface area contributed by atoms with Crippen molar-refractivity contribution in [1.29, 1.82) is 0 Å². The number of hydrogen-bond acceptors (Lipinski definition) is 6. The van der Waals surface area contributed by atoms with Gasteiger partial charge in [-0.3, -0.25) is 19.3 Å². The maximum absolute atomic E-state index is 16.0. The third-order valence-corrected chi connectivity index (χ3v) is 8.09. The highest BCUT2D eigenvalue weighted by molar-refractivity contribution is 6.31. The van der Waals surface area contributed by atoms with Gasteiger partial charge in [-0.2, -0.15) is 5.10 Å².